The van der Waals surface area contributed by atoms with Gasteiger partial charge in [0.2, 0.25) is 5.91 Å². The van der Waals surface area contributed by atoms with E-state index in [2.05, 4.69) is 24.3 Å². The highest BCUT2D eigenvalue weighted by Gasteiger charge is 2.40. The summed E-state index contributed by atoms with van der Waals surface area (Å²) in [4.78, 5) is 27.7. The Hall–Kier alpha value is -2.70. The molecule has 1 N–H and O–H groups in total. The van der Waals surface area contributed by atoms with Crippen molar-refractivity contribution in [2.24, 2.45) is 11.8 Å². The first-order valence-corrected chi connectivity index (χ1v) is 10.1. The summed E-state index contributed by atoms with van der Waals surface area (Å²) in [6.45, 7) is 8.63. The fraction of sp³-hybridized carbons (Fsp3) is 0.500. The molecule has 3 atom stereocenters. The number of hydrogen-bond donors (Lipinski definition) is 1. The quantitative estimate of drug-likeness (QED) is 0.797. The first kappa shape index (κ1) is 21.0. The minimum absolute atomic E-state index is 0.0941. The van der Waals surface area contributed by atoms with Crippen LogP contribution in [0.5, 0.6) is 0 Å². The fourth-order valence-corrected chi connectivity index (χ4v) is 3.59. The van der Waals surface area contributed by atoms with Gasteiger partial charge in [-0.25, -0.2) is 4.39 Å². The third-order valence-corrected chi connectivity index (χ3v) is 5.54. The van der Waals surface area contributed by atoms with Crippen LogP contribution in [0.3, 0.4) is 0 Å². The predicted molar refractivity (Wildman–Crippen MR) is 108 cm³/mol. The maximum atomic E-state index is 13.3. The van der Waals surface area contributed by atoms with Gasteiger partial charge in [0.05, 0.1) is 0 Å². The van der Waals surface area contributed by atoms with E-state index in [1.807, 2.05) is 13.8 Å². The molecule has 2 heterocycles. The van der Waals surface area contributed by atoms with Crippen molar-refractivity contribution in [1.29, 1.82) is 0 Å². The number of hydrogen-bond acceptors (Lipinski definition) is 4. The molecule has 0 radical (unpaired) electrons. The van der Waals surface area contributed by atoms with Crippen LogP contribution >= 0.6 is 0 Å². The zero-order valence-electron chi connectivity index (χ0n) is 17.3. The molecule has 1 aliphatic heterocycles. The fourth-order valence-electron chi connectivity index (χ4n) is 3.59. The largest absolute Gasteiger partial charge is 0.355 e. The smallest absolute Gasteiger partial charge is 0.276 e. The molecule has 3 rings (SSSR count). The van der Waals surface area contributed by atoms with Gasteiger partial charge in [-0.2, -0.15) is 0 Å². The summed E-state index contributed by atoms with van der Waals surface area (Å²) in [5.74, 6) is 0.0987. The molecule has 6 nitrogen and oxygen atoms in total. The minimum Gasteiger partial charge on any atom is -0.355 e. The Balaban J connectivity index is 1.87. The number of rotatable bonds is 6. The van der Waals surface area contributed by atoms with Gasteiger partial charge in [0, 0.05) is 24.2 Å². The van der Waals surface area contributed by atoms with E-state index >= 15 is 0 Å². The van der Waals surface area contributed by atoms with E-state index in [9.17, 15) is 14.0 Å². The van der Waals surface area contributed by atoms with E-state index in [4.69, 9.17) is 4.52 Å². The normalized spacial score (nSPS) is 20.6. The van der Waals surface area contributed by atoms with Crippen molar-refractivity contribution in [3.63, 3.8) is 0 Å². The van der Waals surface area contributed by atoms with Crippen LogP contribution in [-0.2, 0) is 4.79 Å². The molecule has 0 unspecified atom stereocenters. The molecule has 1 aromatic heterocycles. The highest BCUT2D eigenvalue weighted by Crippen LogP contribution is 2.25. The van der Waals surface area contributed by atoms with Crippen LogP contribution in [0.1, 0.15) is 51.0 Å². The van der Waals surface area contributed by atoms with Gasteiger partial charge in [-0.05, 0) is 42.5 Å². The third-order valence-electron chi connectivity index (χ3n) is 5.54. The van der Waals surface area contributed by atoms with E-state index in [0.717, 1.165) is 6.42 Å². The molecule has 0 spiro atoms. The number of halogens is 1. The molecule has 1 aliphatic rings. The number of benzene rings is 1. The van der Waals surface area contributed by atoms with Gasteiger partial charge < -0.3 is 14.7 Å². The Kier molecular flexibility index (Phi) is 6.35. The lowest BCUT2D eigenvalue weighted by atomic mass is 9.92. The number of carbonyl (C=O) groups is 2. The second-order valence-corrected chi connectivity index (χ2v) is 8.19. The van der Waals surface area contributed by atoms with E-state index < -0.39 is 6.04 Å². The average molecular weight is 401 g/mol. The lowest BCUT2D eigenvalue weighted by molar-refractivity contribution is -0.130. The molecular weight excluding hydrogens is 373 g/mol. The molecule has 1 saturated heterocycles. The Morgan fingerprint density at radius 1 is 1.31 bits per heavy atom. The Labute approximate surface area is 170 Å². The number of amides is 2. The molecule has 2 amide bonds. The Morgan fingerprint density at radius 2 is 2.00 bits per heavy atom. The van der Waals surface area contributed by atoms with Crippen molar-refractivity contribution < 1.29 is 18.5 Å². The predicted octanol–water partition coefficient (Wildman–Crippen LogP) is 3.88. The van der Waals surface area contributed by atoms with E-state index in [1.165, 1.54) is 12.1 Å². The lowest BCUT2D eigenvalue weighted by Crippen LogP contribution is -2.63. The summed E-state index contributed by atoms with van der Waals surface area (Å²) in [5, 5.41) is 7.01. The standard InChI is InChI=1S/C22H28FN3O3/c1-5-14(4)18-12-26(19(10-13(2)3)21(27)24-18)22(28)17-11-20(29-25-17)15-6-8-16(23)9-7-15/h6-9,11,13-14,18-19H,5,10,12H2,1-4H3,(H,24,27)/t14-,18-,19+/m1/s1. The molecule has 2 aromatic rings. The molecule has 1 fully saturated rings. The molecular formula is C22H28FN3O3. The van der Waals surface area contributed by atoms with Gasteiger partial charge in [-0.1, -0.05) is 39.3 Å². The van der Waals surface area contributed by atoms with Crippen LogP contribution in [0.4, 0.5) is 4.39 Å². The van der Waals surface area contributed by atoms with Crippen LogP contribution in [0.2, 0.25) is 0 Å². The maximum Gasteiger partial charge on any atom is 0.276 e. The van der Waals surface area contributed by atoms with Crippen molar-refractivity contribution in [1.82, 2.24) is 15.4 Å². The first-order valence-electron chi connectivity index (χ1n) is 10.1. The summed E-state index contributed by atoms with van der Waals surface area (Å²) in [7, 11) is 0. The summed E-state index contributed by atoms with van der Waals surface area (Å²) < 4.78 is 18.5. The SMILES string of the molecule is CC[C@@H](C)[C@H]1CN(C(=O)c2cc(-c3ccc(F)cc3)on2)[C@@H](CC(C)C)C(=O)N1. The first-order chi connectivity index (χ1) is 13.8. The third kappa shape index (κ3) is 4.66. The van der Waals surface area contributed by atoms with Gasteiger partial charge in [-0.3, -0.25) is 9.59 Å². The van der Waals surface area contributed by atoms with Crippen LogP contribution < -0.4 is 5.32 Å². The van der Waals surface area contributed by atoms with E-state index in [1.54, 1.807) is 23.1 Å². The van der Waals surface area contributed by atoms with Gasteiger partial charge in [0.1, 0.15) is 11.9 Å². The number of nitrogens with one attached hydrogen (secondary N) is 1. The average Bonchev–Trinajstić information content (AvgIpc) is 3.18. The molecule has 1 aromatic carbocycles. The van der Waals surface area contributed by atoms with Gasteiger partial charge in [0.15, 0.2) is 11.5 Å². The highest BCUT2D eigenvalue weighted by molar-refractivity contribution is 5.97. The van der Waals surface area contributed by atoms with E-state index in [-0.39, 0.29) is 41.2 Å². The van der Waals surface area contributed by atoms with Crippen LogP contribution in [0.15, 0.2) is 34.9 Å². The van der Waals surface area contributed by atoms with Crippen molar-refractivity contribution >= 4 is 11.8 Å². The van der Waals surface area contributed by atoms with Crippen LogP contribution in [0, 0.1) is 17.7 Å². The molecule has 29 heavy (non-hydrogen) atoms. The van der Waals surface area contributed by atoms with E-state index in [0.29, 0.717) is 24.3 Å². The number of piperazine rings is 1. The van der Waals surface area contributed by atoms with Crippen LogP contribution in [-0.4, -0.2) is 40.5 Å². The maximum absolute atomic E-state index is 13.3. The number of carbonyl (C=O) groups excluding carboxylic acids is 2. The second kappa shape index (κ2) is 8.76. The summed E-state index contributed by atoms with van der Waals surface area (Å²) >= 11 is 0. The summed E-state index contributed by atoms with van der Waals surface area (Å²) in [6, 6.07) is 6.70. The number of aromatic nitrogens is 1. The van der Waals surface area contributed by atoms with Gasteiger partial charge in [0.25, 0.3) is 5.91 Å². The zero-order valence-corrected chi connectivity index (χ0v) is 17.3. The second-order valence-electron chi connectivity index (χ2n) is 8.19. The molecule has 0 aliphatic carbocycles. The molecule has 0 saturated carbocycles. The lowest BCUT2D eigenvalue weighted by Gasteiger charge is -2.41. The summed E-state index contributed by atoms with van der Waals surface area (Å²) in [6.07, 6.45) is 1.48. The monoisotopic (exact) mass is 401 g/mol. The van der Waals surface area contributed by atoms with Gasteiger partial charge in [-0.15, -0.1) is 0 Å². The molecule has 0 bridgehead atoms. The van der Waals surface area contributed by atoms with Crippen LogP contribution in [0.25, 0.3) is 11.3 Å². The zero-order chi connectivity index (χ0) is 21.1. The molecule has 156 valence electrons. The molecule has 7 heteroatoms. The number of nitrogens with zero attached hydrogens (tertiary/aromatic N) is 2. The summed E-state index contributed by atoms with van der Waals surface area (Å²) in [5.41, 5.74) is 0.779. The highest BCUT2D eigenvalue weighted by atomic mass is 19.1. The van der Waals surface area contributed by atoms with Crippen molar-refractivity contribution in [2.75, 3.05) is 6.54 Å². The van der Waals surface area contributed by atoms with Crippen molar-refractivity contribution in [3.8, 4) is 11.3 Å². The van der Waals surface area contributed by atoms with Crippen molar-refractivity contribution in [2.45, 2.75) is 52.6 Å². The Morgan fingerprint density at radius 3 is 2.62 bits per heavy atom. The topological polar surface area (TPSA) is 75.4 Å². The van der Waals surface area contributed by atoms with Crippen molar-refractivity contribution in [3.05, 3.63) is 41.8 Å². The minimum atomic E-state index is -0.534. The Bertz CT molecular complexity index is 862. The van der Waals surface area contributed by atoms with Gasteiger partial charge >= 0.3 is 0 Å².